The summed E-state index contributed by atoms with van der Waals surface area (Å²) in [6.07, 6.45) is -0.616. The molecule has 0 N–H and O–H groups in total. The van der Waals surface area contributed by atoms with Crippen LogP contribution in [0.4, 0.5) is 10.7 Å². The standard InChI is InChI=1S/C20H19N3O3/c1-20(2,3)26-19(24)23(4)18-16(12-21)22-17(25-18)15-11-7-9-13-8-5-6-10-14(13)15/h5-11H,1-4H3. The van der Waals surface area contributed by atoms with Gasteiger partial charge in [-0.25, -0.2) is 9.69 Å². The van der Waals surface area contributed by atoms with Crippen LogP contribution in [0.5, 0.6) is 0 Å². The second kappa shape index (κ2) is 6.52. The van der Waals surface area contributed by atoms with Crippen molar-refractivity contribution in [2.24, 2.45) is 0 Å². The van der Waals surface area contributed by atoms with Crippen LogP contribution in [-0.2, 0) is 4.74 Å². The van der Waals surface area contributed by atoms with Crippen LogP contribution in [0, 0.1) is 11.3 Å². The predicted octanol–water partition coefficient (Wildman–Crippen LogP) is 4.74. The average Bonchev–Trinajstić information content (AvgIpc) is 3.03. The minimum absolute atomic E-state index is 0.0290. The van der Waals surface area contributed by atoms with Crippen molar-refractivity contribution in [2.45, 2.75) is 26.4 Å². The van der Waals surface area contributed by atoms with Crippen molar-refractivity contribution in [3.8, 4) is 17.5 Å². The number of anilines is 1. The van der Waals surface area contributed by atoms with Crippen LogP contribution < -0.4 is 4.90 Å². The molecule has 3 rings (SSSR count). The van der Waals surface area contributed by atoms with Crippen LogP contribution in [0.15, 0.2) is 46.9 Å². The number of oxazole rings is 1. The van der Waals surface area contributed by atoms with E-state index >= 15 is 0 Å². The molecular formula is C20H19N3O3. The van der Waals surface area contributed by atoms with Gasteiger partial charge in [-0.1, -0.05) is 36.4 Å². The van der Waals surface area contributed by atoms with Gasteiger partial charge in [0.15, 0.2) is 0 Å². The fourth-order valence-electron chi connectivity index (χ4n) is 2.55. The van der Waals surface area contributed by atoms with E-state index in [9.17, 15) is 10.1 Å². The summed E-state index contributed by atoms with van der Waals surface area (Å²) in [7, 11) is 1.49. The normalized spacial score (nSPS) is 11.2. The van der Waals surface area contributed by atoms with E-state index in [1.54, 1.807) is 20.8 Å². The molecule has 6 nitrogen and oxygen atoms in total. The quantitative estimate of drug-likeness (QED) is 0.668. The Morgan fingerprint density at radius 3 is 2.58 bits per heavy atom. The van der Waals surface area contributed by atoms with Crippen LogP contribution >= 0.6 is 0 Å². The molecule has 0 radical (unpaired) electrons. The van der Waals surface area contributed by atoms with E-state index in [2.05, 4.69) is 4.98 Å². The van der Waals surface area contributed by atoms with Gasteiger partial charge in [-0.15, -0.1) is 0 Å². The molecule has 0 fully saturated rings. The highest BCUT2D eigenvalue weighted by Gasteiger charge is 2.27. The summed E-state index contributed by atoms with van der Waals surface area (Å²) >= 11 is 0. The molecule has 1 heterocycles. The SMILES string of the molecule is CN(C(=O)OC(C)(C)C)c1oc(-c2cccc3ccccc23)nc1C#N. The number of hydrogen-bond acceptors (Lipinski definition) is 5. The Morgan fingerprint density at radius 2 is 1.88 bits per heavy atom. The van der Waals surface area contributed by atoms with Crippen LogP contribution in [-0.4, -0.2) is 23.7 Å². The first kappa shape index (κ1) is 17.5. The second-order valence-electron chi connectivity index (χ2n) is 6.85. The van der Waals surface area contributed by atoms with Gasteiger partial charge in [0.1, 0.15) is 11.7 Å². The number of carbonyl (C=O) groups excluding carboxylic acids is 1. The number of nitrogens with zero attached hydrogens (tertiary/aromatic N) is 3. The maximum Gasteiger partial charge on any atom is 0.416 e. The Morgan fingerprint density at radius 1 is 1.19 bits per heavy atom. The van der Waals surface area contributed by atoms with Crippen LogP contribution in [0.2, 0.25) is 0 Å². The Balaban J connectivity index is 2.04. The number of amides is 1. The lowest BCUT2D eigenvalue weighted by Crippen LogP contribution is -2.34. The van der Waals surface area contributed by atoms with Crippen molar-refractivity contribution in [3.63, 3.8) is 0 Å². The van der Waals surface area contributed by atoms with Crippen molar-refractivity contribution >= 4 is 22.7 Å². The van der Waals surface area contributed by atoms with Gasteiger partial charge in [0.25, 0.3) is 0 Å². The van der Waals surface area contributed by atoms with Gasteiger partial charge in [0.05, 0.1) is 0 Å². The smallest absolute Gasteiger partial charge is 0.416 e. The molecule has 1 aromatic heterocycles. The van der Waals surface area contributed by atoms with Gasteiger partial charge in [-0.2, -0.15) is 10.2 Å². The number of hydrogen-bond donors (Lipinski definition) is 0. The van der Waals surface area contributed by atoms with Crippen molar-refractivity contribution in [1.29, 1.82) is 5.26 Å². The maximum atomic E-state index is 12.3. The molecule has 0 bridgehead atoms. The molecule has 26 heavy (non-hydrogen) atoms. The highest BCUT2D eigenvalue weighted by molar-refractivity contribution is 5.95. The van der Waals surface area contributed by atoms with Gasteiger partial charge in [0.2, 0.25) is 17.5 Å². The zero-order valence-electron chi connectivity index (χ0n) is 15.1. The summed E-state index contributed by atoms with van der Waals surface area (Å²) in [5.41, 5.74) is 0.126. The Bertz CT molecular complexity index is 1000. The fraction of sp³-hybridized carbons (Fsp3) is 0.250. The third-order valence-electron chi connectivity index (χ3n) is 3.71. The zero-order valence-corrected chi connectivity index (χ0v) is 15.1. The summed E-state index contributed by atoms with van der Waals surface area (Å²) in [6, 6.07) is 15.5. The van der Waals surface area contributed by atoms with E-state index < -0.39 is 11.7 Å². The van der Waals surface area contributed by atoms with E-state index in [0.29, 0.717) is 0 Å². The molecule has 0 saturated carbocycles. The number of nitriles is 1. The first-order valence-corrected chi connectivity index (χ1v) is 8.16. The average molecular weight is 349 g/mol. The number of ether oxygens (including phenoxy) is 1. The monoisotopic (exact) mass is 349 g/mol. The van der Waals surface area contributed by atoms with Gasteiger partial charge in [-0.3, -0.25) is 0 Å². The lowest BCUT2D eigenvalue weighted by Gasteiger charge is -2.23. The molecule has 0 aliphatic heterocycles. The lowest BCUT2D eigenvalue weighted by atomic mass is 10.0. The summed E-state index contributed by atoms with van der Waals surface area (Å²) in [4.78, 5) is 17.7. The van der Waals surface area contributed by atoms with Gasteiger partial charge < -0.3 is 9.15 Å². The van der Waals surface area contributed by atoms with Crippen molar-refractivity contribution in [1.82, 2.24) is 4.98 Å². The predicted molar refractivity (Wildman–Crippen MR) is 98.8 cm³/mol. The van der Waals surface area contributed by atoms with Crippen LogP contribution in [0.3, 0.4) is 0 Å². The van der Waals surface area contributed by atoms with Gasteiger partial charge in [0, 0.05) is 12.6 Å². The fourth-order valence-corrected chi connectivity index (χ4v) is 2.55. The summed E-state index contributed by atoms with van der Waals surface area (Å²) in [5, 5.41) is 11.4. The molecule has 0 aliphatic carbocycles. The van der Waals surface area contributed by atoms with Crippen LogP contribution in [0.1, 0.15) is 26.5 Å². The van der Waals surface area contributed by atoms with E-state index in [1.165, 1.54) is 7.05 Å². The maximum absolute atomic E-state index is 12.3. The summed E-state index contributed by atoms with van der Waals surface area (Å²) in [6.45, 7) is 5.31. The van der Waals surface area contributed by atoms with Crippen molar-refractivity contribution in [2.75, 3.05) is 11.9 Å². The van der Waals surface area contributed by atoms with Crippen LogP contribution in [0.25, 0.3) is 22.2 Å². The number of benzene rings is 2. The Hall–Kier alpha value is -3.33. The van der Waals surface area contributed by atoms with E-state index in [1.807, 2.05) is 48.5 Å². The highest BCUT2D eigenvalue weighted by Crippen LogP contribution is 2.32. The zero-order chi connectivity index (χ0) is 18.9. The summed E-state index contributed by atoms with van der Waals surface area (Å²) < 4.78 is 11.1. The van der Waals surface area contributed by atoms with Gasteiger partial charge in [-0.05, 0) is 37.6 Å². The number of aromatic nitrogens is 1. The highest BCUT2D eigenvalue weighted by atomic mass is 16.6. The molecule has 0 saturated heterocycles. The van der Waals surface area contributed by atoms with E-state index in [4.69, 9.17) is 9.15 Å². The molecule has 0 unspecified atom stereocenters. The first-order chi connectivity index (χ1) is 12.3. The third-order valence-corrected chi connectivity index (χ3v) is 3.71. The molecule has 2 aromatic carbocycles. The topological polar surface area (TPSA) is 79.4 Å². The van der Waals surface area contributed by atoms with Crippen molar-refractivity contribution < 1.29 is 13.9 Å². The molecular weight excluding hydrogens is 330 g/mol. The summed E-state index contributed by atoms with van der Waals surface area (Å²) in [5.74, 6) is 0.341. The first-order valence-electron chi connectivity index (χ1n) is 8.16. The Kier molecular flexibility index (Phi) is 4.39. The molecule has 0 atom stereocenters. The molecule has 3 aromatic rings. The number of fused-ring (bicyclic) bond motifs is 1. The molecule has 0 aliphatic rings. The lowest BCUT2D eigenvalue weighted by molar-refractivity contribution is 0.0584. The van der Waals surface area contributed by atoms with Gasteiger partial charge >= 0.3 is 6.09 Å². The Labute approximate surface area is 151 Å². The molecule has 6 heteroatoms. The third kappa shape index (κ3) is 3.38. The molecule has 0 spiro atoms. The second-order valence-corrected chi connectivity index (χ2v) is 6.85. The van der Waals surface area contributed by atoms with Crippen molar-refractivity contribution in [3.05, 3.63) is 48.2 Å². The molecule has 1 amide bonds. The molecule has 132 valence electrons. The van der Waals surface area contributed by atoms with E-state index in [-0.39, 0.29) is 17.5 Å². The number of carbonyl (C=O) groups is 1. The largest absolute Gasteiger partial charge is 0.443 e. The minimum atomic E-state index is -0.656. The minimum Gasteiger partial charge on any atom is -0.443 e. The van der Waals surface area contributed by atoms with E-state index in [0.717, 1.165) is 21.2 Å². The number of rotatable bonds is 2.